The number of alkyl halides is 6. The molecule has 0 atom stereocenters. The van der Waals surface area contributed by atoms with E-state index in [1.807, 2.05) is 0 Å². The van der Waals surface area contributed by atoms with Crippen molar-refractivity contribution in [2.45, 2.75) is 17.7 Å². The molecule has 0 aliphatic rings. The molecule has 0 saturated carbocycles. The maximum absolute atomic E-state index is 12.6. The highest BCUT2D eigenvalue weighted by molar-refractivity contribution is 7.99. The summed E-state index contributed by atoms with van der Waals surface area (Å²) in [6, 6.07) is 4.53. The van der Waals surface area contributed by atoms with Gasteiger partial charge in [-0.15, -0.1) is 13.2 Å². The van der Waals surface area contributed by atoms with Crippen molar-refractivity contribution in [1.82, 2.24) is 9.97 Å². The number of carbonyl (C=O) groups is 1. The minimum atomic E-state index is -4.85. The minimum Gasteiger partial charge on any atom is -0.406 e. The maximum Gasteiger partial charge on any atom is 0.573 e. The Morgan fingerprint density at radius 1 is 1.15 bits per heavy atom. The van der Waals surface area contributed by atoms with Crippen LogP contribution in [0.15, 0.2) is 40.3 Å². The Hall–Kier alpha value is -2.70. The highest BCUT2D eigenvalue weighted by atomic mass is 32.2. The number of nitrogens with zero attached hydrogens (tertiary/aromatic N) is 1. The van der Waals surface area contributed by atoms with Crippen LogP contribution in [-0.2, 0) is 11.0 Å². The van der Waals surface area contributed by atoms with Crippen molar-refractivity contribution in [2.24, 2.45) is 0 Å². The van der Waals surface area contributed by atoms with Crippen molar-refractivity contribution in [2.75, 3.05) is 11.1 Å². The summed E-state index contributed by atoms with van der Waals surface area (Å²) in [5.41, 5.74) is -2.28. The fourth-order valence-corrected chi connectivity index (χ4v) is 2.40. The van der Waals surface area contributed by atoms with Gasteiger partial charge in [-0.05, 0) is 24.3 Å². The van der Waals surface area contributed by atoms with E-state index in [0.29, 0.717) is 11.8 Å². The third kappa shape index (κ3) is 6.84. The Kier molecular flexibility index (Phi) is 6.03. The Balaban J connectivity index is 1.95. The minimum absolute atomic E-state index is 0.139. The zero-order valence-corrected chi connectivity index (χ0v) is 13.8. The molecule has 2 N–H and O–H groups in total. The predicted molar refractivity (Wildman–Crippen MR) is 82.3 cm³/mol. The summed E-state index contributed by atoms with van der Waals surface area (Å²) in [5.74, 6) is -1.56. The summed E-state index contributed by atoms with van der Waals surface area (Å²) >= 11 is 0.551. The van der Waals surface area contributed by atoms with Crippen molar-refractivity contribution in [3.63, 3.8) is 0 Å². The topological polar surface area (TPSA) is 84.1 Å². The van der Waals surface area contributed by atoms with Gasteiger partial charge in [0.1, 0.15) is 5.75 Å². The molecule has 0 spiro atoms. The average Bonchev–Trinajstić information content (AvgIpc) is 2.52. The number of nitrogens with one attached hydrogen (secondary N) is 2. The first-order chi connectivity index (χ1) is 12.4. The number of hydrogen-bond donors (Lipinski definition) is 2. The van der Waals surface area contributed by atoms with Gasteiger partial charge in [0.25, 0.3) is 5.56 Å². The van der Waals surface area contributed by atoms with E-state index < -0.39 is 46.4 Å². The number of benzene rings is 1. The van der Waals surface area contributed by atoms with Gasteiger partial charge in [0, 0.05) is 11.8 Å². The van der Waals surface area contributed by atoms with E-state index in [1.165, 1.54) is 0 Å². The first-order valence-electron chi connectivity index (χ1n) is 6.89. The van der Waals surface area contributed by atoms with Crippen LogP contribution in [-0.4, -0.2) is 28.0 Å². The summed E-state index contributed by atoms with van der Waals surface area (Å²) in [5, 5.41) is 1.92. The van der Waals surface area contributed by atoms with Crippen molar-refractivity contribution in [3.8, 4) is 5.75 Å². The smallest absolute Gasteiger partial charge is 0.406 e. The van der Waals surface area contributed by atoms with Gasteiger partial charge in [-0.2, -0.15) is 13.2 Å². The van der Waals surface area contributed by atoms with Crippen molar-refractivity contribution in [3.05, 3.63) is 46.4 Å². The van der Waals surface area contributed by atoms with E-state index in [0.717, 1.165) is 24.3 Å². The molecule has 1 aromatic carbocycles. The molecular weight excluding hydrogens is 404 g/mol. The van der Waals surface area contributed by atoms with E-state index in [9.17, 15) is 35.9 Å². The number of anilines is 1. The SMILES string of the molecule is O=C(CSc1nc(C(F)(F)F)cc(=O)[nH]1)Nc1ccc(OC(F)(F)F)cc1. The second-order valence-electron chi connectivity index (χ2n) is 4.84. The number of hydrogen-bond acceptors (Lipinski definition) is 5. The summed E-state index contributed by atoms with van der Waals surface area (Å²) in [7, 11) is 0. The highest BCUT2D eigenvalue weighted by Gasteiger charge is 2.33. The van der Waals surface area contributed by atoms with Crippen LogP contribution in [0, 0.1) is 0 Å². The fraction of sp³-hybridized carbons (Fsp3) is 0.214. The first kappa shape index (κ1) is 20.6. The molecule has 27 heavy (non-hydrogen) atoms. The van der Waals surface area contributed by atoms with Gasteiger partial charge in [-0.3, -0.25) is 9.59 Å². The van der Waals surface area contributed by atoms with Gasteiger partial charge < -0.3 is 15.0 Å². The molecule has 1 aromatic heterocycles. The molecule has 0 unspecified atom stereocenters. The van der Waals surface area contributed by atoms with Crippen LogP contribution in [0.1, 0.15) is 5.69 Å². The summed E-state index contributed by atoms with van der Waals surface area (Å²) in [4.78, 5) is 28.3. The molecule has 146 valence electrons. The van der Waals surface area contributed by atoms with Gasteiger partial charge >= 0.3 is 12.5 Å². The average molecular weight is 413 g/mol. The molecule has 0 aliphatic heterocycles. The van der Waals surface area contributed by atoms with Crippen LogP contribution in [0.5, 0.6) is 5.75 Å². The molecule has 0 bridgehead atoms. The number of carbonyl (C=O) groups excluding carboxylic acids is 1. The standard InChI is InChI=1S/C14H9F6N3O3S/c15-13(16,17)9-5-10(24)23-12(22-9)27-6-11(25)21-7-1-3-8(4-2-7)26-14(18,19)20/h1-5H,6H2,(H,21,25)(H,22,23,24). The molecule has 1 amide bonds. The van der Waals surface area contributed by atoms with Crippen LogP contribution >= 0.6 is 11.8 Å². The summed E-state index contributed by atoms with van der Waals surface area (Å²) in [6.07, 6.45) is -9.66. The number of halogens is 6. The number of amides is 1. The quantitative estimate of drug-likeness (QED) is 0.446. The molecule has 13 heteroatoms. The fourth-order valence-electron chi connectivity index (χ4n) is 1.72. The van der Waals surface area contributed by atoms with Crippen LogP contribution in [0.25, 0.3) is 0 Å². The number of aromatic nitrogens is 2. The van der Waals surface area contributed by atoms with Crippen molar-refractivity contribution >= 4 is 23.4 Å². The van der Waals surface area contributed by atoms with E-state index >= 15 is 0 Å². The molecule has 0 aliphatic carbocycles. The first-order valence-corrected chi connectivity index (χ1v) is 7.88. The molecular formula is C14H9F6N3O3S. The normalized spacial score (nSPS) is 11.9. The van der Waals surface area contributed by atoms with E-state index in [-0.39, 0.29) is 11.8 Å². The largest absolute Gasteiger partial charge is 0.573 e. The number of thioether (sulfide) groups is 1. The van der Waals surface area contributed by atoms with Gasteiger partial charge in [-0.25, -0.2) is 4.98 Å². The molecule has 2 rings (SSSR count). The third-order valence-electron chi connectivity index (χ3n) is 2.72. The highest BCUT2D eigenvalue weighted by Crippen LogP contribution is 2.28. The lowest BCUT2D eigenvalue weighted by Crippen LogP contribution is -2.18. The number of rotatable bonds is 5. The summed E-state index contributed by atoms with van der Waals surface area (Å²) in [6.45, 7) is 0. The van der Waals surface area contributed by atoms with Gasteiger partial charge in [0.05, 0.1) is 5.75 Å². The van der Waals surface area contributed by atoms with Gasteiger partial charge in [0.2, 0.25) is 5.91 Å². The molecule has 0 radical (unpaired) electrons. The molecule has 0 saturated heterocycles. The van der Waals surface area contributed by atoms with Crippen LogP contribution in [0.2, 0.25) is 0 Å². The monoisotopic (exact) mass is 413 g/mol. The molecule has 2 aromatic rings. The Labute approximate surface area is 150 Å². The second kappa shape index (κ2) is 7.90. The van der Waals surface area contributed by atoms with E-state index in [1.54, 1.807) is 0 Å². The maximum atomic E-state index is 12.6. The lowest BCUT2D eigenvalue weighted by Gasteiger charge is -2.10. The third-order valence-corrected chi connectivity index (χ3v) is 3.60. The second-order valence-corrected chi connectivity index (χ2v) is 5.81. The van der Waals surface area contributed by atoms with Crippen molar-refractivity contribution < 1.29 is 35.9 Å². The van der Waals surface area contributed by atoms with E-state index in [4.69, 9.17) is 0 Å². The zero-order valence-electron chi connectivity index (χ0n) is 12.9. The lowest BCUT2D eigenvalue weighted by atomic mass is 10.3. The number of H-pyrrole nitrogens is 1. The zero-order chi connectivity index (χ0) is 20.2. The molecule has 0 fully saturated rings. The molecule has 1 heterocycles. The Morgan fingerprint density at radius 3 is 2.33 bits per heavy atom. The predicted octanol–water partition coefficient (Wildman–Crippen LogP) is 3.42. The number of ether oxygens (including phenoxy) is 1. The molecule has 6 nitrogen and oxygen atoms in total. The van der Waals surface area contributed by atoms with Crippen LogP contribution in [0.3, 0.4) is 0 Å². The van der Waals surface area contributed by atoms with E-state index in [2.05, 4.69) is 20.0 Å². The lowest BCUT2D eigenvalue weighted by molar-refractivity contribution is -0.274. The Bertz CT molecular complexity index is 864. The summed E-state index contributed by atoms with van der Waals surface area (Å²) < 4.78 is 77.6. The van der Waals surface area contributed by atoms with Gasteiger partial charge in [-0.1, -0.05) is 11.8 Å². The Morgan fingerprint density at radius 2 is 1.78 bits per heavy atom. The van der Waals surface area contributed by atoms with Crippen LogP contribution in [0.4, 0.5) is 32.0 Å². The van der Waals surface area contributed by atoms with Crippen LogP contribution < -0.4 is 15.6 Å². The van der Waals surface area contributed by atoms with Crippen molar-refractivity contribution in [1.29, 1.82) is 0 Å². The van der Waals surface area contributed by atoms with Gasteiger partial charge in [0.15, 0.2) is 10.9 Å². The number of aromatic amines is 1.